The Hall–Kier alpha value is -0.120. The molecule has 1 rings (SSSR count). The van der Waals surface area contributed by atoms with Crippen LogP contribution in [0.15, 0.2) is 0 Å². The van der Waals surface area contributed by atoms with E-state index in [0.717, 1.165) is 12.8 Å². The highest BCUT2D eigenvalue weighted by Crippen LogP contribution is 2.01. The second-order valence-corrected chi connectivity index (χ2v) is 1.96. The van der Waals surface area contributed by atoms with E-state index in [-0.39, 0.29) is 12.3 Å². The standard InChI is InChI=1S/C4H11N3/c5-3-1-2-4(6)7-3/h3-4,7H,1-2,5-6H2. The first kappa shape index (κ1) is 5.03. The van der Waals surface area contributed by atoms with Crippen LogP contribution in [0.5, 0.6) is 0 Å². The Morgan fingerprint density at radius 3 is 1.71 bits per heavy atom. The van der Waals surface area contributed by atoms with Crippen LogP contribution < -0.4 is 16.8 Å². The van der Waals surface area contributed by atoms with Crippen molar-refractivity contribution in [3.8, 4) is 0 Å². The van der Waals surface area contributed by atoms with Gasteiger partial charge in [0.1, 0.15) is 0 Å². The Labute approximate surface area is 43.1 Å². The van der Waals surface area contributed by atoms with E-state index < -0.39 is 0 Å². The molecule has 0 aromatic heterocycles. The fourth-order valence-electron chi connectivity index (χ4n) is 0.801. The van der Waals surface area contributed by atoms with Gasteiger partial charge in [-0.1, -0.05) is 0 Å². The lowest BCUT2D eigenvalue weighted by molar-refractivity contribution is 0.563. The topological polar surface area (TPSA) is 64.1 Å². The molecule has 42 valence electrons. The van der Waals surface area contributed by atoms with Crippen LogP contribution >= 0.6 is 0 Å². The number of hydrogen-bond acceptors (Lipinski definition) is 3. The van der Waals surface area contributed by atoms with Crippen molar-refractivity contribution in [1.29, 1.82) is 0 Å². The maximum atomic E-state index is 5.43. The second-order valence-electron chi connectivity index (χ2n) is 1.96. The molecule has 2 atom stereocenters. The summed E-state index contributed by atoms with van der Waals surface area (Å²) in [7, 11) is 0. The van der Waals surface area contributed by atoms with E-state index in [2.05, 4.69) is 5.32 Å². The summed E-state index contributed by atoms with van der Waals surface area (Å²) in [6.45, 7) is 0. The van der Waals surface area contributed by atoms with Crippen LogP contribution in [-0.2, 0) is 0 Å². The Morgan fingerprint density at radius 2 is 1.57 bits per heavy atom. The molecule has 0 aliphatic carbocycles. The van der Waals surface area contributed by atoms with Crippen molar-refractivity contribution in [2.24, 2.45) is 11.5 Å². The first-order chi connectivity index (χ1) is 3.29. The second kappa shape index (κ2) is 1.78. The molecule has 0 amide bonds. The fraction of sp³-hybridized carbons (Fsp3) is 1.00. The zero-order valence-electron chi connectivity index (χ0n) is 4.22. The van der Waals surface area contributed by atoms with Crippen molar-refractivity contribution < 1.29 is 0 Å². The highest BCUT2D eigenvalue weighted by Gasteiger charge is 2.15. The molecule has 5 N–H and O–H groups in total. The Bertz CT molecular complexity index is 56.0. The molecule has 1 fully saturated rings. The Balaban J connectivity index is 2.26. The maximum absolute atomic E-state index is 5.43. The number of hydrogen-bond donors (Lipinski definition) is 3. The zero-order valence-corrected chi connectivity index (χ0v) is 4.22. The molecule has 2 unspecified atom stereocenters. The molecule has 0 aromatic rings. The van der Waals surface area contributed by atoms with Crippen molar-refractivity contribution in [3.63, 3.8) is 0 Å². The van der Waals surface area contributed by atoms with Crippen molar-refractivity contribution in [1.82, 2.24) is 5.32 Å². The number of nitrogens with one attached hydrogen (secondary N) is 1. The molecule has 1 aliphatic heterocycles. The minimum Gasteiger partial charge on any atom is -0.316 e. The largest absolute Gasteiger partial charge is 0.316 e. The highest BCUT2D eigenvalue weighted by molar-refractivity contribution is 4.73. The molecule has 0 saturated carbocycles. The molecule has 3 nitrogen and oxygen atoms in total. The first-order valence-corrected chi connectivity index (χ1v) is 2.56. The van der Waals surface area contributed by atoms with Gasteiger partial charge in [-0.15, -0.1) is 0 Å². The summed E-state index contributed by atoms with van der Waals surface area (Å²) in [5.41, 5.74) is 10.9. The highest BCUT2D eigenvalue weighted by atomic mass is 15.1. The third-order valence-electron chi connectivity index (χ3n) is 1.22. The smallest absolute Gasteiger partial charge is 0.0559 e. The van der Waals surface area contributed by atoms with Gasteiger partial charge in [0.2, 0.25) is 0 Å². The maximum Gasteiger partial charge on any atom is 0.0559 e. The third kappa shape index (κ3) is 1.12. The molecule has 1 saturated heterocycles. The minimum atomic E-state index is 0.148. The predicted octanol–water partition coefficient (Wildman–Crippen LogP) is -1.06. The summed E-state index contributed by atoms with van der Waals surface area (Å²) >= 11 is 0. The van der Waals surface area contributed by atoms with Crippen LogP contribution in [0.3, 0.4) is 0 Å². The van der Waals surface area contributed by atoms with E-state index in [1.165, 1.54) is 0 Å². The van der Waals surface area contributed by atoms with E-state index in [1.54, 1.807) is 0 Å². The van der Waals surface area contributed by atoms with Crippen molar-refractivity contribution in [2.75, 3.05) is 0 Å². The van der Waals surface area contributed by atoms with Crippen molar-refractivity contribution in [2.45, 2.75) is 25.2 Å². The molecule has 3 heteroatoms. The SMILES string of the molecule is NC1CCC(N)N1. The number of rotatable bonds is 0. The summed E-state index contributed by atoms with van der Waals surface area (Å²) in [5, 5.41) is 2.97. The summed E-state index contributed by atoms with van der Waals surface area (Å²) in [5.74, 6) is 0. The minimum absolute atomic E-state index is 0.148. The van der Waals surface area contributed by atoms with Crippen LogP contribution in [-0.4, -0.2) is 12.3 Å². The van der Waals surface area contributed by atoms with Gasteiger partial charge in [-0.05, 0) is 12.8 Å². The van der Waals surface area contributed by atoms with E-state index in [9.17, 15) is 0 Å². The Kier molecular flexibility index (Phi) is 1.27. The van der Waals surface area contributed by atoms with Gasteiger partial charge in [0.25, 0.3) is 0 Å². The van der Waals surface area contributed by atoms with E-state index in [1.807, 2.05) is 0 Å². The summed E-state index contributed by atoms with van der Waals surface area (Å²) < 4.78 is 0. The predicted molar refractivity (Wildman–Crippen MR) is 28.3 cm³/mol. The van der Waals surface area contributed by atoms with Crippen LogP contribution in [0.1, 0.15) is 12.8 Å². The van der Waals surface area contributed by atoms with Crippen LogP contribution in [0.25, 0.3) is 0 Å². The first-order valence-electron chi connectivity index (χ1n) is 2.56. The lowest BCUT2D eigenvalue weighted by Crippen LogP contribution is -2.40. The van der Waals surface area contributed by atoms with E-state index in [4.69, 9.17) is 11.5 Å². The third-order valence-corrected chi connectivity index (χ3v) is 1.22. The van der Waals surface area contributed by atoms with Gasteiger partial charge < -0.3 is 11.5 Å². The van der Waals surface area contributed by atoms with Crippen molar-refractivity contribution >= 4 is 0 Å². The molecule has 7 heavy (non-hydrogen) atoms. The summed E-state index contributed by atoms with van der Waals surface area (Å²) in [4.78, 5) is 0. The lowest BCUT2D eigenvalue weighted by atomic mass is 10.3. The quantitative estimate of drug-likeness (QED) is 0.364. The molecule has 0 aromatic carbocycles. The lowest BCUT2D eigenvalue weighted by Gasteiger charge is -2.02. The molecular weight excluding hydrogens is 90.1 g/mol. The van der Waals surface area contributed by atoms with Gasteiger partial charge >= 0.3 is 0 Å². The molecule has 0 bridgehead atoms. The van der Waals surface area contributed by atoms with Gasteiger partial charge in [-0.3, -0.25) is 5.32 Å². The van der Waals surface area contributed by atoms with Gasteiger partial charge in [-0.2, -0.15) is 0 Å². The molecular formula is C4H11N3. The average Bonchev–Trinajstić information content (AvgIpc) is 1.87. The van der Waals surface area contributed by atoms with Crippen LogP contribution in [0, 0.1) is 0 Å². The molecule has 1 heterocycles. The summed E-state index contributed by atoms with van der Waals surface area (Å²) in [6, 6.07) is 0. The fourth-order valence-corrected chi connectivity index (χ4v) is 0.801. The van der Waals surface area contributed by atoms with Crippen molar-refractivity contribution in [3.05, 3.63) is 0 Å². The zero-order chi connectivity index (χ0) is 5.28. The van der Waals surface area contributed by atoms with Crippen LogP contribution in [0.4, 0.5) is 0 Å². The van der Waals surface area contributed by atoms with E-state index >= 15 is 0 Å². The van der Waals surface area contributed by atoms with E-state index in [0.29, 0.717) is 0 Å². The number of nitrogens with two attached hydrogens (primary N) is 2. The van der Waals surface area contributed by atoms with Gasteiger partial charge in [0.05, 0.1) is 12.3 Å². The monoisotopic (exact) mass is 101 g/mol. The van der Waals surface area contributed by atoms with Gasteiger partial charge in [0, 0.05) is 0 Å². The Morgan fingerprint density at radius 1 is 1.14 bits per heavy atom. The molecule has 0 spiro atoms. The van der Waals surface area contributed by atoms with Gasteiger partial charge in [0.15, 0.2) is 0 Å². The normalized spacial score (nSPS) is 42.0. The van der Waals surface area contributed by atoms with Crippen LogP contribution in [0.2, 0.25) is 0 Å². The summed E-state index contributed by atoms with van der Waals surface area (Å²) in [6.07, 6.45) is 2.33. The molecule has 1 aliphatic rings. The van der Waals surface area contributed by atoms with Gasteiger partial charge in [-0.25, -0.2) is 0 Å². The molecule has 0 radical (unpaired) electrons. The average molecular weight is 101 g/mol.